The summed E-state index contributed by atoms with van der Waals surface area (Å²) in [6.07, 6.45) is 2.32. The largest absolute Gasteiger partial charge is 0.485 e. The predicted octanol–water partition coefficient (Wildman–Crippen LogP) is 1.31. The monoisotopic (exact) mass is 259 g/mol. The van der Waals surface area contributed by atoms with Crippen molar-refractivity contribution < 1.29 is 4.74 Å². The van der Waals surface area contributed by atoms with Crippen LogP contribution in [0.25, 0.3) is 0 Å². The van der Waals surface area contributed by atoms with Crippen LogP contribution in [0.5, 0.6) is 5.75 Å². The summed E-state index contributed by atoms with van der Waals surface area (Å²) in [6.45, 7) is 1.19. The second-order valence-corrected chi connectivity index (χ2v) is 4.70. The highest BCUT2D eigenvalue weighted by Crippen LogP contribution is 2.34. The first-order chi connectivity index (χ1) is 9.38. The smallest absolute Gasteiger partial charge is 0.189 e. The highest BCUT2D eigenvalue weighted by atomic mass is 16.5. The summed E-state index contributed by atoms with van der Waals surface area (Å²) in [6, 6.07) is 8.47. The molecule has 1 heterocycles. The molecule has 100 valence electrons. The molecule has 0 radical (unpaired) electrons. The van der Waals surface area contributed by atoms with Gasteiger partial charge in [-0.3, -0.25) is 0 Å². The fourth-order valence-electron chi connectivity index (χ4n) is 2.03. The quantitative estimate of drug-likeness (QED) is 0.847. The lowest BCUT2D eigenvalue weighted by Gasteiger charge is -2.10. The average Bonchev–Trinajstić information content (AvgIpc) is 3.17. The van der Waals surface area contributed by atoms with E-state index >= 15 is 0 Å². The molecule has 0 aliphatic heterocycles. The highest BCUT2D eigenvalue weighted by Gasteiger charge is 2.27. The van der Waals surface area contributed by atoms with E-state index in [4.69, 9.17) is 4.74 Å². The maximum Gasteiger partial charge on any atom is 0.189 e. The number of tetrazole rings is 1. The summed E-state index contributed by atoms with van der Waals surface area (Å²) in [5, 5.41) is 14.9. The molecule has 3 rings (SSSR count). The van der Waals surface area contributed by atoms with Gasteiger partial charge in [0.1, 0.15) is 12.4 Å². The fourth-order valence-corrected chi connectivity index (χ4v) is 2.03. The SMILES string of the molecule is CNCc1ccccc1OCc1nnnn1C1CC1. The van der Waals surface area contributed by atoms with Crippen molar-refractivity contribution >= 4 is 0 Å². The lowest BCUT2D eigenvalue weighted by atomic mass is 10.2. The first-order valence-corrected chi connectivity index (χ1v) is 6.50. The van der Waals surface area contributed by atoms with Gasteiger partial charge in [-0.15, -0.1) is 5.10 Å². The van der Waals surface area contributed by atoms with Crippen LogP contribution < -0.4 is 10.1 Å². The molecule has 0 saturated heterocycles. The topological polar surface area (TPSA) is 64.9 Å². The van der Waals surface area contributed by atoms with Crippen LogP contribution in [0.3, 0.4) is 0 Å². The first-order valence-electron chi connectivity index (χ1n) is 6.50. The molecule has 0 amide bonds. The maximum absolute atomic E-state index is 5.85. The molecule has 6 heteroatoms. The molecule has 19 heavy (non-hydrogen) atoms. The van der Waals surface area contributed by atoms with E-state index in [-0.39, 0.29) is 0 Å². The van der Waals surface area contributed by atoms with E-state index in [1.165, 1.54) is 0 Å². The second-order valence-electron chi connectivity index (χ2n) is 4.70. The first kappa shape index (κ1) is 12.1. The van der Waals surface area contributed by atoms with Crippen LogP contribution in [0.2, 0.25) is 0 Å². The molecule has 1 saturated carbocycles. The molecular formula is C13H17N5O. The van der Waals surface area contributed by atoms with Gasteiger partial charge in [-0.05, 0) is 36.4 Å². The minimum atomic E-state index is 0.407. The molecule has 6 nitrogen and oxygen atoms in total. The van der Waals surface area contributed by atoms with Crippen molar-refractivity contribution in [3.05, 3.63) is 35.7 Å². The number of nitrogens with zero attached hydrogens (tertiary/aromatic N) is 4. The van der Waals surface area contributed by atoms with Gasteiger partial charge in [-0.2, -0.15) is 0 Å². The lowest BCUT2D eigenvalue weighted by molar-refractivity contribution is 0.283. The maximum atomic E-state index is 5.85. The van der Waals surface area contributed by atoms with E-state index in [2.05, 4.69) is 26.9 Å². The molecule has 1 N–H and O–H groups in total. The van der Waals surface area contributed by atoms with Gasteiger partial charge in [0.05, 0.1) is 6.04 Å². The van der Waals surface area contributed by atoms with Crippen LogP contribution in [-0.4, -0.2) is 27.3 Å². The predicted molar refractivity (Wildman–Crippen MR) is 69.6 cm³/mol. The number of hydrogen-bond acceptors (Lipinski definition) is 5. The summed E-state index contributed by atoms with van der Waals surface area (Å²) in [4.78, 5) is 0. The number of nitrogens with one attached hydrogen (secondary N) is 1. The molecule has 0 atom stereocenters. The second kappa shape index (κ2) is 5.36. The van der Waals surface area contributed by atoms with Gasteiger partial charge in [0.25, 0.3) is 0 Å². The zero-order valence-corrected chi connectivity index (χ0v) is 10.9. The summed E-state index contributed by atoms with van der Waals surface area (Å²) in [5.74, 6) is 1.67. The Morgan fingerprint density at radius 2 is 2.21 bits per heavy atom. The number of rotatable bonds is 6. The van der Waals surface area contributed by atoms with Crippen LogP contribution in [-0.2, 0) is 13.2 Å². The zero-order chi connectivity index (χ0) is 13.1. The van der Waals surface area contributed by atoms with E-state index in [1.54, 1.807) is 0 Å². The highest BCUT2D eigenvalue weighted by molar-refractivity contribution is 5.33. The Morgan fingerprint density at radius 3 is 3.00 bits per heavy atom. The third-order valence-electron chi connectivity index (χ3n) is 3.15. The standard InChI is InChI=1S/C13H17N5O/c1-14-8-10-4-2-3-5-12(10)19-9-13-15-16-17-18(13)11-6-7-11/h2-5,11,14H,6-9H2,1H3. The third kappa shape index (κ3) is 2.73. The van der Waals surface area contributed by atoms with Crippen LogP contribution in [0.1, 0.15) is 30.3 Å². The van der Waals surface area contributed by atoms with Crippen LogP contribution in [0.4, 0.5) is 0 Å². The van der Waals surface area contributed by atoms with E-state index in [9.17, 15) is 0 Å². The Bertz CT molecular complexity index is 549. The molecule has 1 aliphatic rings. The van der Waals surface area contributed by atoms with Crippen molar-refractivity contribution in [1.82, 2.24) is 25.5 Å². The number of ether oxygens (including phenoxy) is 1. The third-order valence-corrected chi connectivity index (χ3v) is 3.15. The van der Waals surface area contributed by atoms with E-state index in [0.29, 0.717) is 12.6 Å². The Hall–Kier alpha value is -1.95. The molecule has 0 spiro atoms. The van der Waals surface area contributed by atoms with Crippen molar-refractivity contribution in [2.75, 3.05) is 7.05 Å². The normalized spacial score (nSPS) is 14.6. The van der Waals surface area contributed by atoms with Crippen molar-refractivity contribution in [3.63, 3.8) is 0 Å². The minimum absolute atomic E-state index is 0.407. The number of aromatic nitrogens is 4. The molecule has 0 bridgehead atoms. The molecule has 2 aromatic rings. The lowest BCUT2D eigenvalue weighted by Crippen LogP contribution is -2.10. The van der Waals surface area contributed by atoms with Gasteiger partial charge in [0.2, 0.25) is 0 Å². The van der Waals surface area contributed by atoms with Crippen molar-refractivity contribution in [1.29, 1.82) is 0 Å². The summed E-state index contributed by atoms with van der Waals surface area (Å²) in [5.41, 5.74) is 1.13. The number of benzene rings is 1. The van der Waals surface area contributed by atoms with E-state index in [0.717, 1.165) is 36.5 Å². The van der Waals surface area contributed by atoms with Gasteiger partial charge in [0, 0.05) is 12.1 Å². The zero-order valence-electron chi connectivity index (χ0n) is 10.9. The minimum Gasteiger partial charge on any atom is -0.485 e. The van der Waals surface area contributed by atoms with Crippen molar-refractivity contribution in [2.24, 2.45) is 0 Å². The van der Waals surface area contributed by atoms with Gasteiger partial charge in [0.15, 0.2) is 5.82 Å². The molecular weight excluding hydrogens is 242 g/mol. The van der Waals surface area contributed by atoms with Gasteiger partial charge < -0.3 is 10.1 Å². The van der Waals surface area contributed by atoms with Gasteiger partial charge >= 0.3 is 0 Å². The molecule has 1 aromatic carbocycles. The Kier molecular flexibility index (Phi) is 3.41. The van der Waals surface area contributed by atoms with Crippen LogP contribution >= 0.6 is 0 Å². The Labute approximate surface area is 111 Å². The molecule has 1 aliphatic carbocycles. The summed E-state index contributed by atoms with van der Waals surface area (Å²) < 4.78 is 7.73. The summed E-state index contributed by atoms with van der Waals surface area (Å²) >= 11 is 0. The van der Waals surface area contributed by atoms with Crippen molar-refractivity contribution in [2.45, 2.75) is 32.0 Å². The Balaban J connectivity index is 1.70. The van der Waals surface area contributed by atoms with Crippen LogP contribution in [0.15, 0.2) is 24.3 Å². The van der Waals surface area contributed by atoms with E-state index < -0.39 is 0 Å². The fraction of sp³-hybridized carbons (Fsp3) is 0.462. The molecule has 1 fully saturated rings. The van der Waals surface area contributed by atoms with Gasteiger partial charge in [-0.25, -0.2) is 4.68 Å². The van der Waals surface area contributed by atoms with Gasteiger partial charge in [-0.1, -0.05) is 18.2 Å². The number of hydrogen-bond donors (Lipinski definition) is 1. The number of para-hydroxylation sites is 1. The molecule has 0 unspecified atom stereocenters. The Morgan fingerprint density at radius 1 is 1.37 bits per heavy atom. The van der Waals surface area contributed by atoms with Crippen molar-refractivity contribution in [3.8, 4) is 5.75 Å². The van der Waals surface area contributed by atoms with Crippen LogP contribution in [0, 0.1) is 0 Å². The summed E-state index contributed by atoms with van der Waals surface area (Å²) in [7, 11) is 1.92. The van der Waals surface area contributed by atoms with E-state index in [1.807, 2.05) is 29.9 Å². The molecule has 1 aromatic heterocycles. The average molecular weight is 259 g/mol.